The highest BCUT2D eigenvalue weighted by Gasteiger charge is 2.25. The van der Waals surface area contributed by atoms with E-state index in [4.69, 9.17) is 5.73 Å². The topological polar surface area (TPSA) is 63.4 Å². The largest absolute Gasteiger partial charge is 0.326 e. The SMILES string of the molecule is CCC1CCCN(S(=O)(=O)Cc2cccc(CN)c2)CC1. The van der Waals surface area contributed by atoms with Crippen molar-refractivity contribution in [2.24, 2.45) is 11.7 Å². The van der Waals surface area contributed by atoms with Gasteiger partial charge in [0.2, 0.25) is 10.0 Å². The van der Waals surface area contributed by atoms with Gasteiger partial charge in [0.05, 0.1) is 5.75 Å². The molecule has 5 heteroatoms. The summed E-state index contributed by atoms with van der Waals surface area (Å²) in [4.78, 5) is 0. The zero-order valence-corrected chi connectivity index (χ0v) is 13.6. The van der Waals surface area contributed by atoms with Crippen LogP contribution in [-0.2, 0) is 22.3 Å². The highest BCUT2D eigenvalue weighted by atomic mass is 32.2. The van der Waals surface area contributed by atoms with Gasteiger partial charge < -0.3 is 5.73 Å². The molecule has 1 unspecified atom stereocenters. The van der Waals surface area contributed by atoms with Gasteiger partial charge in [-0.1, -0.05) is 37.6 Å². The minimum absolute atomic E-state index is 0.0810. The monoisotopic (exact) mass is 310 g/mol. The molecule has 4 nitrogen and oxygen atoms in total. The van der Waals surface area contributed by atoms with Gasteiger partial charge in [0.15, 0.2) is 0 Å². The maximum Gasteiger partial charge on any atom is 0.218 e. The highest BCUT2D eigenvalue weighted by Crippen LogP contribution is 2.23. The molecule has 2 N–H and O–H groups in total. The van der Waals surface area contributed by atoms with Crippen molar-refractivity contribution in [1.82, 2.24) is 4.31 Å². The number of hydrogen-bond acceptors (Lipinski definition) is 3. The molecule has 1 aliphatic rings. The van der Waals surface area contributed by atoms with Crippen molar-refractivity contribution in [3.8, 4) is 0 Å². The number of benzene rings is 1. The molecule has 0 radical (unpaired) electrons. The molecule has 1 atom stereocenters. The maximum absolute atomic E-state index is 12.6. The van der Waals surface area contributed by atoms with Gasteiger partial charge in [-0.25, -0.2) is 12.7 Å². The van der Waals surface area contributed by atoms with E-state index in [1.54, 1.807) is 4.31 Å². The molecule has 0 amide bonds. The van der Waals surface area contributed by atoms with Crippen LogP contribution in [-0.4, -0.2) is 25.8 Å². The van der Waals surface area contributed by atoms with Crippen LogP contribution in [0.2, 0.25) is 0 Å². The van der Waals surface area contributed by atoms with Crippen molar-refractivity contribution in [2.75, 3.05) is 13.1 Å². The second-order valence-electron chi connectivity index (χ2n) is 5.88. The Bertz CT molecular complexity index is 557. The number of nitrogens with zero attached hydrogens (tertiary/aromatic N) is 1. The third-order valence-corrected chi connectivity index (χ3v) is 6.20. The van der Waals surface area contributed by atoms with E-state index in [1.165, 1.54) is 0 Å². The van der Waals surface area contributed by atoms with Crippen LogP contribution in [0.25, 0.3) is 0 Å². The summed E-state index contributed by atoms with van der Waals surface area (Å²) < 4.78 is 26.9. The van der Waals surface area contributed by atoms with Crippen LogP contribution in [0.3, 0.4) is 0 Å². The van der Waals surface area contributed by atoms with E-state index in [2.05, 4.69) is 6.92 Å². The summed E-state index contributed by atoms with van der Waals surface area (Å²) in [6, 6.07) is 7.56. The first-order valence-electron chi connectivity index (χ1n) is 7.81. The summed E-state index contributed by atoms with van der Waals surface area (Å²) in [5.74, 6) is 0.753. The molecule has 1 aliphatic heterocycles. The number of sulfonamides is 1. The van der Waals surface area contributed by atoms with E-state index >= 15 is 0 Å². The van der Waals surface area contributed by atoms with Crippen LogP contribution in [0.5, 0.6) is 0 Å². The van der Waals surface area contributed by atoms with E-state index in [0.717, 1.165) is 36.8 Å². The predicted molar refractivity (Wildman–Crippen MR) is 86.2 cm³/mol. The molecule has 1 aromatic carbocycles. The molecular weight excluding hydrogens is 284 g/mol. The lowest BCUT2D eigenvalue weighted by Gasteiger charge is -2.20. The van der Waals surface area contributed by atoms with Gasteiger partial charge in [0.25, 0.3) is 0 Å². The second kappa shape index (κ2) is 7.38. The van der Waals surface area contributed by atoms with E-state index in [1.807, 2.05) is 24.3 Å². The minimum atomic E-state index is -3.22. The van der Waals surface area contributed by atoms with Crippen LogP contribution < -0.4 is 5.73 Å². The van der Waals surface area contributed by atoms with Crippen molar-refractivity contribution in [1.29, 1.82) is 0 Å². The second-order valence-corrected chi connectivity index (χ2v) is 7.85. The van der Waals surface area contributed by atoms with Crippen molar-refractivity contribution in [2.45, 2.75) is 44.9 Å². The quantitative estimate of drug-likeness (QED) is 0.909. The normalized spacial score (nSPS) is 21.1. The average molecular weight is 310 g/mol. The molecule has 0 spiro atoms. The summed E-state index contributed by atoms with van der Waals surface area (Å²) in [5.41, 5.74) is 7.42. The third-order valence-electron chi connectivity index (χ3n) is 4.35. The molecule has 0 saturated carbocycles. The van der Waals surface area contributed by atoms with Gasteiger partial charge in [0, 0.05) is 19.6 Å². The Morgan fingerprint density at radius 2 is 2.00 bits per heavy atom. The van der Waals surface area contributed by atoms with Crippen LogP contribution in [0, 0.1) is 5.92 Å². The summed E-state index contributed by atoms with van der Waals surface area (Å²) >= 11 is 0. The summed E-state index contributed by atoms with van der Waals surface area (Å²) in [6.45, 7) is 3.95. The lowest BCUT2D eigenvalue weighted by Crippen LogP contribution is -2.33. The molecule has 2 rings (SSSR count). The molecule has 1 saturated heterocycles. The summed E-state index contributed by atoms with van der Waals surface area (Å²) in [5, 5.41) is 0. The first-order chi connectivity index (χ1) is 10.0. The smallest absolute Gasteiger partial charge is 0.218 e. The molecule has 0 aliphatic carbocycles. The van der Waals surface area contributed by atoms with Crippen LogP contribution in [0.4, 0.5) is 0 Å². The standard InChI is InChI=1S/C16H26N2O2S/c1-2-14-7-4-9-18(10-8-14)21(19,20)13-16-6-3-5-15(11-16)12-17/h3,5-6,11,14H,2,4,7-10,12-13,17H2,1H3. The van der Waals surface area contributed by atoms with Crippen molar-refractivity contribution in [3.05, 3.63) is 35.4 Å². The minimum Gasteiger partial charge on any atom is -0.326 e. The van der Waals surface area contributed by atoms with Crippen LogP contribution in [0.15, 0.2) is 24.3 Å². The van der Waals surface area contributed by atoms with Gasteiger partial charge in [-0.3, -0.25) is 0 Å². The molecule has 1 aromatic rings. The Morgan fingerprint density at radius 1 is 1.24 bits per heavy atom. The van der Waals surface area contributed by atoms with E-state index in [-0.39, 0.29) is 5.75 Å². The zero-order valence-electron chi connectivity index (χ0n) is 12.8. The Morgan fingerprint density at radius 3 is 2.71 bits per heavy atom. The van der Waals surface area contributed by atoms with Gasteiger partial charge in [-0.05, 0) is 36.3 Å². The van der Waals surface area contributed by atoms with Crippen molar-refractivity contribution in [3.63, 3.8) is 0 Å². The van der Waals surface area contributed by atoms with Crippen molar-refractivity contribution >= 4 is 10.0 Å². The molecule has 0 aromatic heterocycles. The fraction of sp³-hybridized carbons (Fsp3) is 0.625. The molecular formula is C16H26N2O2S. The van der Waals surface area contributed by atoms with Gasteiger partial charge in [0.1, 0.15) is 0 Å². The fourth-order valence-electron chi connectivity index (χ4n) is 2.97. The molecule has 21 heavy (non-hydrogen) atoms. The number of rotatable bonds is 5. The Kier molecular flexibility index (Phi) is 5.79. The zero-order chi connectivity index (χ0) is 15.3. The van der Waals surface area contributed by atoms with Crippen LogP contribution in [0.1, 0.15) is 43.7 Å². The molecule has 1 fully saturated rings. The molecule has 0 bridgehead atoms. The van der Waals surface area contributed by atoms with E-state index < -0.39 is 10.0 Å². The van der Waals surface area contributed by atoms with Gasteiger partial charge in [-0.15, -0.1) is 0 Å². The first kappa shape index (κ1) is 16.5. The van der Waals surface area contributed by atoms with Crippen molar-refractivity contribution < 1.29 is 8.42 Å². The van der Waals surface area contributed by atoms with E-state index in [9.17, 15) is 8.42 Å². The third kappa shape index (κ3) is 4.53. The fourth-order valence-corrected chi connectivity index (χ4v) is 4.55. The lowest BCUT2D eigenvalue weighted by molar-refractivity contribution is 0.407. The molecule has 1 heterocycles. The van der Waals surface area contributed by atoms with Gasteiger partial charge >= 0.3 is 0 Å². The predicted octanol–water partition coefficient (Wildman–Crippen LogP) is 2.49. The summed E-state index contributed by atoms with van der Waals surface area (Å²) in [6.07, 6.45) is 4.25. The summed E-state index contributed by atoms with van der Waals surface area (Å²) in [7, 11) is -3.22. The highest BCUT2D eigenvalue weighted by molar-refractivity contribution is 7.88. The van der Waals surface area contributed by atoms with E-state index in [0.29, 0.717) is 25.6 Å². The lowest BCUT2D eigenvalue weighted by atomic mass is 9.98. The molecule has 118 valence electrons. The Labute approximate surface area is 128 Å². The Balaban J connectivity index is 2.07. The van der Waals surface area contributed by atoms with Crippen LogP contribution >= 0.6 is 0 Å². The number of hydrogen-bond donors (Lipinski definition) is 1. The average Bonchev–Trinajstić information content (AvgIpc) is 2.73. The Hall–Kier alpha value is -0.910. The first-order valence-corrected chi connectivity index (χ1v) is 9.41. The number of nitrogens with two attached hydrogens (primary N) is 1. The maximum atomic E-state index is 12.6. The van der Waals surface area contributed by atoms with Gasteiger partial charge in [-0.2, -0.15) is 0 Å².